The van der Waals surface area contributed by atoms with Gasteiger partial charge in [0.2, 0.25) is 0 Å². The van der Waals surface area contributed by atoms with Gasteiger partial charge in [0.1, 0.15) is 23.7 Å². The zero-order valence-electron chi connectivity index (χ0n) is 20.9. The zero-order valence-corrected chi connectivity index (χ0v) is 20.9. The highest BCUT2D eigenvalue weighted by molar-refractivity contribution is 5.69. The number of alkyl carbamates (subject to hydrolysis) is 1. The number of hydrogen-bond donors (Lipinski definition) is 2. The Morgan fingerprint density at radius 3 is 2.41 bits per heavy atom. The van der Waals surface area contributed by atoms with Gasteiger partial charge in [0.25, 0.3) is 0 Å². The monoisotopic (exact) mass is 507 g/mol. The van der Waals surface area contributed by atoms with E-state index >= 15 is 0 Å². The normalized spacial score (nSPS) is 14.6. The first kappa shape index (κ1) is 26.4. The molecule has 1 aromatic heterocycles. The van der Waals surface area contributed by atoms with Crippen LogP contribution in [0, 0.1) is 5.92 Å². The largest absolute Gasteiger partial charge is 0.507 e. The van der Waals surface area contributed by atoms with Crippen LogP contribution in [0.5, 0.6) is 5.75 Å². The molecule has 0 spiro atoms. The number of carbonyl (C=O) groups excluding carboxylic acids is 1. The molecule has 0 saturated heterocycles. The second-order valence-electron chi connectivity index (χ2n) is 9.12. The van der Waals surface area contributed by atoms with Crippen molar-refractivity contribution in [3.8, 4) is 5.75 Å². The highest BCUT2D eigenvalue weighted by Gasteiger charge is 2.35. The van der Waals surface area contributed by atoms with Gasteiger partial charge >= 0.3 is 11.7 Å². The Labute approximate surface area is 216 Å². The van der Waals surface area contributed by atoms with E-state index in [4.69, 9.17) is 18.6 Å². The number of rotatable bonds is 13. The second-order valence-corrected chi connectivity index (χ2v) is 9.12. The van der Waals surface area contributed by atoms with E-state index < -0.39 is 17.8 Å². The summed E-state index contributed by atoms with van der Waals surface area (Å²) in [5.41, 5.74) is 0.702. The topological polar surface area (TPSA) is 107 Å². The van der Waals surface area contributed by atoms with Crippen LogP contribution in [-0.4, -0.2) is 38.1 Å². The highest BCUT2D eigenvalue weighted by atomic mass is 16.5. The summed E-state index contributed by atoms with van der Waals surface area (Å²) in [6.07, 6.45) is 2.03. The Bertz CT molecular complexity index is 1190. The summed E-state index contributed by atoms with van der Waals surface area (Å²) in [5.74, 6) is 0.557. The fourth-order valence-electron chi connectivity index (χ4n) is 4.37. The minimum atomic E-state index is -0.952. The molecular formula is C29H33NO7. The van der Waals surface area contributed by atoms with Crippen LogP contribution in [0.1, 0.15) is 53.7 Å². The minimum absolute atomic E-state index is 0.0332. The number of amides is 1. The summed E-state index contributed by atoms with van der Waals surface area (Å²) in [6.45, 7) is 1.58. The molecule has 1 amide bonds. The molecule has 37 heavy (non-hydrogen) atoms. The van der Waals surface area contributed by atoms with Gasteiger partial charge in [0, 0.05) is 25.7 Å². The quantitative estimate of drug-likeness (QED) is 0.317. The van der Waals surface area contributed by atoms with Crippen LogP contribution in [0.25, 0.3) is 0 Å². The van der Waals surface area contributed by atoms with Gasteiger partial charge in [0.15, 0.2) is 0 Å². The van der Waals surface area contributed by atoms with Crippen molar-refractivity contribution in [3.05, 3.63) is 99.6 Å². The molecule has 0 radical (unpaired) electrons. The van der Waals surface area contributed by atoms with Gasteiger partial charge in [-0.25, -0.2) is 9.59 Å². The molecule has 8 nitrogen and oxygen atoms in total. The molecule has 3 aromatic rings. The van der Waals surface area contributed by atoms with Gasteiger partial charge in [-0.15, -0.1) is 0 Å². The molecule has 0 aliphatic heterocycles. The number of benzene rings is 2. The maximum absolute atomic E-state index is 13.2. The molecule has 4 rings (SSSR count). The molecule has 1 heterocycles. The van der Waals surface area contributed by atoms with Gasteiger partial charge in [-0.1, -0.05) is 60.7 Å². The minimum Gasteiger partial charge on any atom is -0.507 e. The van der Waals surface area contributed by atoms with Crippen molar-refractivity contribution in [1.82, 2.24) is 5.32 Å². The Morgan fingerprint density at radius 2 is 1.76 bits per heavy atom. The maximum Gasteiger partial charge on any atom is 0.408 e. The molecule has 1 aliphatic carbocycles. The lowest BCUT2D eigenvalue weighted by Crippen LogP contribution is -2.33. The van der Waals surface area contributed by atoms with Crippen LogP contribution < -0.4 is 10.9 Å². The Kier molecular flexibility index (Phi) is 9.35. The molecule has 2 unspecified atom stereocenters. The van der Waals surface area contributed by atoms with Crippen LogP contribution in [0.15, 0.2) is 75.9 Å². The van der Waals surface area contributed by atoms with E-state index in [1.807, 2.05) is 36.4 Å². The standard InChI is InChI=1S/C29H33NO7/c1-34-16-17-35-15-14-23(21-12-13-21)25-18-24(31)26(28(32)37-25)27(22-10-6-3-7-11-22)30-29(33)36-19-20-8-4-2-5-9-20/h2-11,18,21,23,27,31H,12-17,19H2,1H3,(H,30,33). The summed E-state index contributed by atoms with van der Waals surface area (Å²) in [6, 6.07) is 18.8. The lowest BCUT2D eigenvalue weighted by atomic mass is 9.94. The Morgan fingerprint density at radius 1 is 1.05 bits per heavy atom. The predicted molar refractivity (Wildman–Crippen MR) is 137 cm³/mol. The second kappa shape index (κ2) is 13.1. The number of carbonyl (C=O) groups is 1. The molecule has 2 atom stereocenters. The van der Waals surface area contributed by atoms with E-state index in [0.717, 1.165) is 18.4 Å². The molecule has 8 heteroatoms. The van der Waals surface area contributed by atoms with Gasteiger partial charge < -0.3 is 29.1 Å². The summed E-state index contributed by atoms with van der Waals surface area (Å²) in [4.78, 5) is 25.9. The van der Waals surface area contributed by atoms with Crippen LogP contribution in [0.2, 0.25) is 0 Å². The fraction of sp³-hybridized carbons (Fsp3) is 0.379. The van der Waals surface area contributed by atoms with Crippen molar-refractivity contribution in [3.63, 3.8) is 0 Å². The Hall–Kier alpha value is -3.62. The number of ether oxygens (including phenoxy) is 3. The first-order valence-corrected chi connectivity index (χ1v) is 12.5. The van der Waals surface area contributed by atoms with E-state index in [2.05, 4.69) is 5.32 Å². The summed E-state index contributed by atoms with van der Waals surface area (Å²) < 4.78 is 21.7. The highest BCUT2D eigenvalue weighted by Crippen LogP contribution is 2.45. The number of methoxy groups -OCH3 is 1. The third-order valence-electron chi connectivity index (χ3n) is 6.44. The van der Waals surface area contributed by atoms with E-state index in [1.54, 1.807) is 31.4 Å². The SMILES string of the molecule is COCCOCCC(c1cc(O)c(C(NC(=O)OCc2ccccc2)c2ccccc2)c(=O)o1)C1CC1. The van der Waals surface area contributed by atoms with Crippen molar-refractivity contribution in [2.24, 2.45) is 5.92 Å². The number of aromatic hydroxyl groups is 1. The lowest BCUT2D eigenvalue weighted by Gasteiger charge is -2.21. The summed E-state index contributed by atoms with van der Waals surface area (Å²) in [7, 11) is 1.62. The van der Waals surface area contributed by atoms with Crippen LogP contribution >= 0.6 is 0 Å². The predicted octanol–water partition coefficient (Wildman–Crippen LogP) is 4.91. The number of nitrogens with one attached hydrogen (secondary N) is 1. The van der Waals surface area contributed by atoms with Gasteiger partial charge in [-0.05, 0) is 36.3 Å². The molecule has 1 saturated carbocycles. The van der Waals surface area contributed by atoms with E-state index in [0.29, 0.717) is 43.5 Å². The van der Waals surface area contributed by atoms with Crippen molar-refractivity contribution >= 4 is 6.09 Å². The smallest absolute Gasteiger partial charge is 0.408 e. The molecule has 196 valence electrons. The summed E-state index contributed by atoms with van der Waals surface area (Å²) in [5, 5.41) is 13.7. The lowest BCUT2D eigenvalue weighted by molar-refractivity contribution is 0.0652. The molecule has 2 aromatic carbocycles. The summed E-state index contributed by atoms with van der Waals surface area (Å²) >= 11 is 0. The zero-order chi connectivity index (χ0) is 26.0. The van der Waals surface area contributed by atoms with Crippen LogP contribution in [0.4, 0.5) is 4.79 Å². The van der Waals surface area contributed by atoms with Crippen LogP contribution in [0.3, 0.4) is 0 Å². The average molecular weight is 508 g/mol. The number of hydrogen-bond acceptors (Lipinski definition) is 7. The third kappa shape index (κ3) is 7.44. The van der Waals surface area contributed by atoms with E-state index in [9.17, 15) is 14.7 Å². The van der Waals surface area contributed by atoms with Gasteiger partial charge in [-0.3, -0.25) is 0 Å². The maximum atomic E-state index is 13.2. The van der Waals surface area contributed by atoms with Crippen molar-refractivity contribution in [2.45, 2.75) is 37.8 Å². The molecule has 1 aliphatic rings. The first-order chi connectivity index (χ1) is 18.1. The van der Waals surface area contributed by atoms with Crippen LogP contribution in [-0.2, 0) is 20.8 Å². The Balaban J connectivity index is 1.54. The van der Waals surface area contributed by atoms with Crippen molar-refractivity contribution in [2.75, 3.05) is 26.9 Å². The molecule has 2 N–H and O–H groups in total. The third-order valence-corrected chi connectivity index (χ3v) is 6.44. The van der Waals surface area contributed by atoms with Gasteiger partial charge in [0.05, 0.1) is 19.3 Å². The molecular weight excluding hydrogens is 474 g/mol. The molecule has 1 fully saturated rings. The molecule has 0 bridgehead atoms. The first-order valence-electron chi connectivity index (χ1n) is 12.5. The van der Waals surface area contributed by atoms with Gasteiger partial charge in [-0.2, -0.15) is 0 Å². The fourth-order valence-corrected chi connectivity index (χ4v) is 4.37. The van der Waals surface area contributed by atoms with E-state index in [1.165, 1.54) is 6.07 Å². The van der Waals surface area contributed by atoms with Crippen molar-refractivity contribution in [1.29, 1.82) is 0 Å². The van der Waals surface area contributed by atoms with Crippen molar-refractivity contribution < 1.29 is 28.5 Å². The average Bonchev–Trinajstić information content (AvgIpc) is 3.75. The van der Waals surface area contributed by atoms with E-state index in [-0.39, 0.29) is 23.8 Å².